The first kappa shape index (κ1) is 13.7. The van der Waals surface area contributed by atoms with Gasteiger partial charge in [0.1, 0.15) is 0 Å². The lowest BCUT2D eigenvalue weighted by Gasteiger charge is -2.04. The molecule has 0 unspecified atom stereocenters. The summed E-state index contributed by atoms with van der Waals surface area (Å²) in [6, 6.07) is 7.69. The van der Waals surface area contributed by atoms with E-state index < -0.39 is 15.8 Å². The van der Waals surface area contributed by atoms with E-state index in [9.17, 15) is 13.2 Å². The van der Waals surface area contributed by atoms with Crippen LogP contribution in [0.5, 0.6) is 0 Å². The number of nitrogens with zero attached hydrogens (tertiary/aromatic N) is 1. The number of sulfone groups is 1. The van der Waals surface area contributed by atoms with E-state index in [1.807, 2.05) is 31.2 Å². The maximum absolute atomic E-state index is 11.7. The molecule has 0 aromatic heterocycles. The van der Waals surface area contributed by atoms with Crippen molar-refractivity contribution in [1.29, 1.82) is 0 Å². The molecule has 1 N–H and O–H groups in total. The molecule has 0 aliphatic carbocycles. The molecule has 0 saturated carbocycles. The zero-order valence-electron chi connectivity index (χ0n) is 10.7. The lowest BCUT2D eigenvalue weighted by Crippen LogP contribution is -2.27. The molecule has 102 valence electrons. The van der Waals surface area contributed by atoms with Crippen molar-refractivity contribution in [3.63, 3.8) is 0 Å². The molecule has 1 saturated heterocycles. The minimum atomic E-state index is -3.04. The fourth-order valence-corrected chi connectivity index (χ4v) is 3.66. The van der Waals surface area contributed by atoms with Gasteiger partial charge in [0, 0.05) is 0 Å². The minimum absolute atomic E-state index is 0.0706. The van der Waals surface area contributed by atoms with Gasteiger partial charge in [-0.15, -0.1) is 0 Å². The number of aryl methyl sites for hydroxylation is 1. The van der Waals surface area contributed by atoms with Gasteiger partial charge in [0.2, 0.25) is 5.91 Å². The van der Waals surface area contributed by atoms with E-state index in [1.165, 1.54) is 0 Å². The summed E-state index contributed by atoms with van der Waals surface area (Å²) in [4.78, 5) is 11.7. The van der Waals surface area contributed by atoms with E-state index in [4.69, 9.17) is 0 Å². The number of carbonyl (C=O) groups excluding carboxylic acids is 1. The zero-order valence-corrected chi connectivity index (χ0v) is 11.5. The van der Waals surface area contributed by atoms with E-state index in [-0.39, 0.29) is 17.4 Å². The van der Waals surface area contributed by atoms with Crippen LogP contribution in [-0.2, 0) is 14.6 Å². The number of amides is 1. The third kappa shape index (κ3) is 3.89. The van der Waals surface area contributed by atoms with Crippen LogP contribution in [0.2, 0.25) is 0 Å². The van der Waals surface area contributed by atoms with Gasteiger partial charge in [-0.25, -0.2) is 13.8 Å². The van der Waals surface area contributed by atoms with Gasteiger partial charge in [0.25, 0.3) is 0 Å². The standard InChI is InChI=1S/C13H16N2O3S/c1-10-2-4-11(5-3-10)8-14-15-13(16)12-6-7-19(17,18)9-12/h2-5,8,12H,6-7,9H2,1H3,(H,15,16)/b14-8-/t12-/m1/s1. The van der Waals surface area contributed by atoms with E-state index in [2.05, 4.69) is 10.5 Å². The molecule has 0 bridgehead atoms. The average Bonchev–Trinajstić information content (AvgIpc) is 2.72. The van der Waals surface area contributed by atoms with E-state index in [0.29, 0.717) is 6.42 Å². The first-order valence-corrected chi connectivity index (χ1v) is 7.88. The van der Waals surface area contributed by atoms with E-state index >= 15 is 0 Å². The molecule has 0 spiro atoms. The maximum Gasteiger partial charge on any atom is 0.244 e. The number of carbonyl (C=O) groups is 1. The van der Waals surface area contributed by atoms with Crippen molar-refractivity contribution in [2.24, 2.45) is 11.0 Å². The van der Waals surface area contributed by atoms with Gasteiger partial charge in [-0.3, -0.25) is 4.79 Å². The number of nitrogens with one attached hydrogen (secondary N) is 1. The Morgan fingerprint density at radius 3 is 2.63 bits per heavy atom. The Balaban J connectivity index is 1.89. The van der Waals surface area contributed by atoms with Gasteiger partial charge < -0.3 is 0 Å². The summed E-state index contributed by atoms with van der Waals surface area (Å²) in [6.07, 6.45) is 1.93. The molecule has 0 radical (unpaired) electrons. The van der Waals surface area contributed by atoms with Crippen molar-refractivity contribution < 1.29 is 13.2 Å². The van der Waals surface area contributed by atoms with Crippen molar-refractivity contribution in [1.82, 2.24) is 5.43 Å². The Bertz CT molecular complexity index is 591. The second-order valence-corrected chi connectivity index (χ2v) is 6.97. The molecule has 5 nitrogen and oxygen atoms in total. The largest absolute Gasteiger partial charge is 0.273 e. The highest BCUT2D eigenvalue weighted by Gasteiger charge is 2.32. The summed E-state index contributed by atoms with van der Waals surface area (Å²) < 4.78 is 22.5. The van der Waals surface area contributed by atoms with Crippen molar-refractivity contribution in [3.05, 3.63) is 35.4 Å². The SMILES string of the molecule is Cc1ccc(/C=N\NC(=O)[C@@H]2CCS(=O)(=O)C2)cc1. The molecule has 1 amide bonds. The molecule has 19 heavy (non-hydrogen) atoms. The van der Waals surface area contributed by atoms with Crippen LogP contribution in [0.3, 0.4) is 0 Å². The molecule has 2 rings (SSSR count). The van der Waals surface area contributed by atoms with Crippen LogP contribution in [0.25, 0.3) is 0 Å². The molecule has 1 fully saturated rings. The maximum atomic E-state index is 11.7. The molecule has 1 atom stereocenters. The lowest BCUT2D eigenvalue weighted by atomic mass is 10.1. The van der Waals surface area contributed by atoms with Crippen LogP contribution in [-0.4, -0.2) is 32.0 Å². The molecule has 6 heteroatoms. The first-order chi connectivity index (χ1) is 8.96. The van der Waals surface area contributed by atoms with Gasteiger partial charge in [-0.05, 0) is 18.9 Å². The van der Waals surface area contributed by atoms with E-state index in [1.54, 1.807) is 6.21 Å². The van der Waals surface area contributed by atoms with Gasteiger partial charge >= 0.3 is 0 Å². The van der Waals surface area contributed by atoms with Crippen molar-refractivity contribution in [2.75, 3.05) is 11.5 Å². The second-order valence-electron chi connectivity index (χ2n) is 4.74. The fraction of sp³-hybridized carbons (Fsp3) is 0.385. The summed E-state index contributed by atoms with van der Waals surface area (Å²) in [5, 5.41) is 3.84. The van der Waals surface area contributed by atoms with Crippen molar-refractivity contribution >= 4 is 22.0 Å². The topological polar surface area (TPSA) is 75.6 Å². The normalized spacial score (nSPS) is 21.6. The highest BCUT2D eigenvalue weighted by Crippen LogP contribution is 2.18. The minimum Gasteiger partial charge on any atom is -0.273 e. The summed E-state index contributed by atoms with van der Waals surface area (Å²) in [5.41, 5.74) is 4.42. The molecule has 1 aromatic rings. The van der Waals surface area contributed by atoms with Crippen LogP contribution in [0.4, 0.5) is 0 Å². The number of hydrogen-bond acceptors (Lipinski definition) is 4. The quantitative estimate of drug-likeness (QED) is 0.659. The Morgan fingerprint density at radius 2 is 2.05 bits per heavy atom. The highest BCUT2D eigenvalue weighted by atomic mass is 32.2. The van der Waals surface area contributed by atoms with E-state index in [0.717, 1.165) is 11.1 Å². The average molecular weight is 280 g/mol. The molecule has 1 heterocycles. The number of rotatable bonds is 3. The zero-order chi connectivity index (χ0) is 13.9. The van der Waals surface area contributed by atoms with Crippen LogP contribution in [0.1, 0.15) is 17.5 Å². The van der Waals surface area contributed by atoms with Crippen LogP contribution < -0.4 is 5.43 Å². The summed E-state index contributed by atoms with van der Waals surface area (Å²) in [6.45, 7) is 1.99. The monoisotopic (exact) mass is 280 g/mol. The predicted octanol–water partition coefficient (Wildman–Crippen LogP) is 0.880. The molecule has 1 aromatic carbocycles. The van der Waals surface area contributed by atoms with Gasteiger partial charge in [-0.1, -0.05) is 29.8 Å². The molecular formula is C13H16N2O3S. The summed E-state index contributed by atoms with van der Waals surface area (Å²) in [5.74, 6) is -0.782. The van der Waals surface area contributed by atoms with Crippen molar-refractivity contribution in [2.45, 2.75) is 13.3 Å². The third-order valence-electron chi connectivity index (χ3n) is 3.07. The smallest absolute Gasteiger partial charge is 0.244 e. The molecular weight excluding hydrogens is 264 g/mol. The van der Waals surface area contributed by atoms with Crippen molar-refractivity contribution in [3.8, 4) is 0 Å². The number of hydrazone groups is 1. The first-order valence-electron chi connectivity index (χ1n) is 6.06. The number of benzene rings is 1. The summed E-state index contributed by atoms with van der Waals surface area (Å²) >= 11 is 0. The van der Waals surface area contributed by atoms with Gasteiger partial charge in [0.05, 0.1) is 23.6 Å². The highest BCUT2D eigenvalue weighted by molar-refractivity contribution is 7.91. The number of hydrogen-bond donors (Lipinski definition) is 1. The van der Waals surface area contributed by atoms with Gasteiger partial charge in [0.15, 0.2) is 9.84 Å². The van der Waals surface area contributed by atoms with Gasteiger partial charge in [-0.2, -0.15) is 5.10 Å². The van der Waals surface area contributed by atoms with Crippen LogP contribution in [0.15, 0.2) is 29.4 Å². The fourth-order valence-electron chi connectivity index (χ4n) is 1.92. The Kier molecular flexibility index (Phi) is 3.99. The van der Waals surface area contributed by atoms with Crippen LogP contribution in [0, 0.1) is 12.8 Å². The second kappa shape index (κ2) is 5.52. The lowest BCUT2D eigenvalue weighted by molar-refractivity contribution is -0.124. The predicted molar refractivity (Wildman–Crippen MR) is 73.7 cm³/mol. The molecule has 1 aliphatic rings. The summed E-state index contributed by atoms with van der Waals surface area (Å²) in [7, 11) is -3.04. The third-order valence-corrected chi connectivity index (χ3v) is 4.84. The molecule has 1 aliphatic heterocycles. The van der Waals surface area contributed by atoms with Crippen LogP contribution >= 0.6 is 0 Å². The Labute approximate surface area is 112 Å². The Hall–Kier alpha value is -1.69. The Morgan fingerprint density at radius 1 is 1.37 bits per heavy atom.